The fourth-order valence-corrected chi connectivity index (χ4v) is 3.40. The van der Waals surface area contributed by atoms with E-state index in [1.165, 1.54) is 0 Å². The second-order valence-corrected chi connectivity index (χ2v) is 6.89. The Morgan fingerprint density at radius 1 is 0.931 bits per heavy atom. The molecule has 0 fully saturated rings. The van der Waals surface area contributed by atoms with Gasteiger partial charge in [0.05, 0.1) is 20.3 Å². The number of hydrogen-bond acceptors (Lipinski definition) is 3. The van der Waals surface area contributed by atoms with Gasteiger partial charge in [-0.25, -0.2) is 0 Å². The van der Waals surface area contributed by atoms with Crippen molar-refractivity contribution in [2.75, 3.05) is 13.7 Å². The normalized spacial score (nSPS) is 10.9. The zero-order chi connectivity index (χ0) is 20.1. The molecule has 0 aliphatic rings. The van der Waals surface area contributed by atoms with Crippen LogP contribution in [0.15, 0.2) is 78.9 Å². The lowest BCUT2D eigenvalue weighted by Crippen LogP contribution is -2.07. The largest absolute Gasteiger partial charge is 0.497 e. The molecule has 1 heterocycles. The van der Waals surface area contributed by atoms with E-state index >= 15 is 0 Å². The summed E-state index contributed by atoms with van der Waals surface area (Å²) >= 11 is 0. The molecule has 3 aromatic carbocycles. The van der Waals surface area contributed by atoms with Crippen molar-refractivity contribution < 1.29 is 14.3 Å². The lowest BCUT2D eigenvalue weighted by Gasteiger charge is -2.10. The molecule has 0 aliphatic carbocycles. The van der Waals surface area contributed by atoms with Crippen LogP contribution in [-0.4, -0.2) is 24.5 Å². The Hall–Kier alpha value is -3.37. The average Bonchev–Trinajstić information content (AvgIpc) is 3.21. The monoisotopic (exact) mass is 385 g/mol. The van der Waals surface area contributed by atoms with E-state index in [1.807, 2.05) is 60.7 Å². The number of nitrogens with one attached hydrogen (secondary N) is 1. The van der Waals surface area contributed by atoms with Gasteiger partial charge < -0.3 is 14.5 Å². The van der Waals surface area contributed by atoms with Gasteiger partial charge in [0.25, 0.3) is 0 Å². The Kier molecular flexibility index (Phi) is 5.73. The third kappa shape index (κ3) is 4.39. The van der Waals surface area contributed by atoms with Gasteiger partial charge in [-0.2, -0.15) is 0 Å². The van der Waals surface area contributed by atoms with Crippen LogP contribution in [0.25, 0.3) is 22.2 Å². The Morgan fingerprint density at radius 2 is 1.72 bits per heavy atom. The molecule has 0 atom stereocenters. The van der Waals surface area contributed by atoms with Crippen LogP contribution in [-0.2, 0) is 11.3 Å². The van der Waals surface area contributed by atoms with Crippen LogP contribution in [0.2, 0.25) is 0 Å². The van der Waals surface area contributed by atoms with Crippen LogP contribution >= 0.6 is 0 Å². The van der Waals surface area contributed by atoms with E-state index in [9.17, 15) is 4.79 Å². The zero-order valence-electron chi connectivity index (χ0n) is 16.4. The second-order valence-electron chi connectivity index (χ2n) is 6.89. The molecule has 0 unspecified atom stereocenters. The minimum atomic E-state index is 0.0330. The van der Waals surface area contributed by atoms with Crippen LogP contribution in [0.4, 0.5) is 0 Å². The predicted octanol–water partition coefficient (Wildman–Crippen LogP) is 5.63. The lowest BCUT2D eigenvalue weighted by atomic mass is 9.99. The molecule has 29 heavy (non-hydrogen) atoms. The highest BCUT2D eigenvalue weighted by Gasteiger charge is 2.16. The molecule has 0 saturated heterocycles. The molecule has 0 bridgehead atoms. The SMILES string of the molecule is COc1ccc(-c2cc3ccccc3[nH]2)c(C(=O)CCOCc2ccccc2)c1. The quantitative estimate of drug-likeness (QED) is 0.316. The topological polar surface area (TPSA) is 51.3 Å². The summed E-state index contributed by atoms with van der Waals surface area (Å²) in [7, 11) is 1.61. The molecule has 4 nitrogen and oxygen atoms in total. The standard InChI is InChI=1S/C25H23NO3/c1-28-20-11-12-21(24-15-19-9-5-6-10-23(19)26-24)22(16-20)25(27)13-14-29-17-18-7-3-2-4-8-18/h2-12,15-16,26H,13-14,17H2,1H3. The highest BCUT2D eigenvalue weighted by atomic mass is 16.5. The van der Waals surface area contributed by atoms with E-state index in [1.54, 1.807) is 13.2 Å². The molecule has 4 aromatic rings. The fraction of sp³-hybridized carbons (Fsp3) is 0.160. The van der Waals surface area contributed by atoms with Gasteiger partial charge in [0.15, 0.2) is 5.78 Å². The molecule has 4 heteroatoms. The molecular weight excluding hydrogens is 362 g/mol. The van der Waals surface area contributed by atoms with Crippen LogP contribution in [0.5, 0.6) is 5.75 Å². The number of ether oxygens (including phenoxy) is 2. The summed E-state index contributed by atoms with van der Waals surface area (Å²) in [5.41, 5.74) is 4.57. The zero-order valence-corrected chi connectivity index (χ0v) is 16.4. The van der Waals surface area contributed by atoms with Crippen LogP contribution in [0, 0.1) is 0 Å². The molecule has 0 spiro atoms. The number of benzene rings is 3. The number of carbonyl (C=O) groups excluding carboxylic acids is 1. The lowest BCUT2D eigenvalue weighted by molar-refractivity contribution is 0.0849. The van der Waals surface area contributed by atoms with E-state index in [2.05, 4.69) is 17.1 Å². The summed E-state index contributed by atoms with van der Waals surface area (Å²) in [5, 5.41) is 1.11. The maximum absolute atomic E-state index is 13.0. The van der Waals surface area contributed by atoms with Gasteiger partial charge in [0.2, 0.25) is 0 Å². The Bertz CT molecular complexity index is 1080. The van der Waals surface area contributed by atoms with E-state index in [0.717, 1.165) is 27.7 Å². The maximum Gasteiger partial charge on any atom is 0.165 e. The Balaban J connectivity index is 1.52. The number of Topliss-reactive ketones (excluding diaryl/α,β-unsaturated/α-hetero) is 1. The van der Waals surface area contributed by atoms with Crippen LogP contribution in [0.1, 0.15) is 22.3 Å². The number of rotatable bonds is 8. The third-order valence-corrected chi connectivity index (χ3v) is 4.93. The predicted molar refractivity (Wildman–Crippen MR) is 115 cm³/mol. The van der Waals surface area contributed by atoms with E-state index in [4.69, 9.17) is 9.47 Å². The molecule has 4 rings (SSSR count). The molecule has 1 N–H and O–H groups in total. The number of fused-ring (bicyclic) bond motifs is 1. The first-order valence-electron chi connectivity index (χ1n) is 9.65. The average molecular weight is 385 g/mol. The molecule has 0 amide bonds. The van der Waals surface area contributed by atoms with Crippen molar-refractivity contribution in [3.63, 3.8) is 0 Å². The minimum absolute atomic E-state index is 0.0330. The Morgan fingerprint density at radius 3 is 2.52 bits per heavy atom. The van der Waals surface area contributed by atoms with Gasteiger partial charge in [0.1, 0.15) is 5.75 Å². The number of para-hydroxylation sites is 1. The van der Waals surface area contributed by atoms with Gasteiger partial charge in [-0.1, -0.05) is 48.5 Å². The maximum atomic E-state index is 13.0. The number of carbonyl (C=O) groups is 1. The smallest absolute Gasteiger partial charge is 0.165 e. The van der Waals surface area contributed by atoms with Gasteiger partial charge in [0, 0.05) is 34.1 Å². The molecule has 1 aromatic heterocycles. The van der Waals surface area contributed by atoms with Crippen LogP contribution in [0.3, 0.4) is 0 Å². The second kappa shape index (κ2) is 8.76. The molecular formula is C25H23NO3. The number of aromatic nitrogens is 1. The number of aromatic amines is 1. The van der Waals surface area contributed by atoms with Crippen molar-refractivity contribution in [1.29, 1.82) is 0 Å². The summed E-state index contributed by atoms with van der Waals surface area (Å²) in [4.78, 5) is 16.4. The van der Waals surface area contributed by atoms with Gasteiger partial charge in [-0.15, -0.1) is 0 Å². The van der Waals surface area contributed by atoms with Gasteiger partial charge in [-0.3, -0.25) is 4.79 Å². The first kappa shape index (κ1) is 19.0. The number of methoxy groups -OCH3 is 1. The van der Waals surface area contributed by atoms with Crippen molar-refractivity contribution in [2.45, 2.75) is 13.0 Å². The first-order chi connectivity index (χ1) is 14.2. The molecule has 0 radical (unpaired) electrons. The summed E-state index contributed by atoms with van der Waals surface area (Å²) in [6.07, 6.45) is 0.313. The minimum Gasteiger partial charge on any atom is -0.497 e. The van der Waals surface area contributed by atoms with Crippen molar-refractivity contribution in [1.82, 2.24) is 4.98 Å². The number of ketones is 1. The summed E-state index contributed by atoms with van der Waals surface area (Å²) in [6, 6.07) is 25.7. The van der Waals surface area contributed by atoms with Crippen molar-refractivity contribution in [2.24, 2.45) is 0 Å². The summed E-state index contributed by atoms with van der Waals surface area (Å²) in [6.45, 7) is 0.873. The fourth-order valence-electron chi connectivity index (χ4n) is 3.40. The van der Waals surface area contributed by atoms with Crippen molar-refractivity contribution in [3.8, 4) is 17.0 Å². The van der Waals surface area contributed by atoms with E-state index in [-0.39, 0.29) is 5.78 Å². The number of hydrogen-bond donors (Lipinski definition) is 1. The molecule has 0 saturated carbocycles. The Labute approximate surface area is 170 Å². The van der Waals surface area contributed by atoms with Crippen molar-refractivity contribution in [3.05, 3.63) is 90.0 Å². The summed E-state index contributed by atoms with van der Waals surface area (Å²) in [5.74, 6) is 0.698. The summed E-state index contributed by atoms with van der Waals surface area (Å²) < 4.78 is 11.0. The molecule has 146 valence electrons. The van der Waals surface area contributed by atoms with Gasteiger partial charge in [-0.05, 0) is 35.9 Å². The van der Waals surface area contributed by atoms with Crippen LogP contribution < -0.4 is 4.74 Å². The first-order valence-corrected chi connectivity index (χ1v) is 9.65. The van der Waals surface area contributed by atoms with E-state index < -0.39 is 0 Å². The van der Waals surface area contributed by atoms with Gasteiger partial charge >= 0.3 is 0 Å². The van der Waals surface area contributed by atoms with Crippen molar-refractivity contribution >= 4 is 16.7 Å². The highest BCUT2D eigenvalue weighted by molar-refractivity contribution is 6.03. The molecule has 0 aliphatic heterocycles. The highest BCUT2D eigenvalue weighted by Crippen LogP contribution is 2.30. The number of H-pyrrole nitrogens is 1. The third-order valence-electron chi connectivity index (χ3n) is 4.93. The van der Waals surface area contributed by atoms with E-state index in [0.29, 0.717) is 30.9 Å².